The molecule has 1 aliphatic heterocycles. The van der Waals surface area contributed by atoms with Crippen LogP contribution in [0.5, 0.6) is 0 Å². The molecule has 1 aromatic carbocycles. The van der Waals surface area contributed by atoms with Crippen LogP contribution in [0.15, 0.2) is 23.2 Å². The Morgan fingerprint density at radius 1 is 1.38 bits per heavy atom. The lowest BCUT2D eigenvalue weighted by atomic mass is 9.97. The Labute approximate surface area is 189 Å². The summed E-state index contributed by atoms with van der Waals surface area (Å²) in [7, 11) is 1.62. The molecule has 1 amide bonds. The molecule has 5 rings (SSSR count). The number of anilines is 1. The summed E-state index contributed by atoms with van der Waals surface area (Å²) in [6, 6.07) is 6.17. The molecule has 0 bridgehead atoms. The molecule has 2 fully saturated rings. The molecule has 1 saturated carbocycles. The molecule has 0 unspecified atom stereocenters. The first kappa shape index (κ1) is 21.0. The van der Waals surface area contributed by atoms with Crippen molar-refractivity contribution >= 4 is 45.8 Å². The van der Waals surface area contributed by atoms with Gasteiger partial charge in [-0.2, -0.15) is 10.4 Å². The molecule has 2 N–H and O–H groups in total. The monoisotopic (exact) mass is 476 g/mol. The van der Waals surface area contributed by atoms with Gasteiger partial charge in [0.1, 0.15) is 5.54 Å². The highest BCUT2D eigenvalue weighted by atomic mass is 32.2. The van der Waals surface area contributed by atoms with Gasteiger partial charge in [0, 0.05) is 36.1 Å². The van der Waals surface area contributed by atoms with Crippen molar-refractivity contribution in [1.29, 1.82) is 5.26 Å². The number of nitrogens with zero attached hydrogens (tertiary/aromatic N) is 6. The summed E-state index contributed by atoms with van der Waals surface area (Å²) in [5.41, 5.74) is 1.07. The van der Waals surface area contributed by atoms with Crippen molar-refractivity contribution in [1.82, 2.24) is 30.0 Å². The van der Waals surface area contributed by atoms with E-state index in [1.807, 2.05) is 12.1 Å². The van der Waals surface area contributed by atoms with Gasteiger partial charge in [0.25, 0.3) is 6.43 Å². The molecular formula is C19H18F2N8OS2. The van der Waals surface area contributed by atoms with E-state index in [0.29, 0.717) is 18.6 Å². The number of hydrogen-bond acceptors (Lipinski definition) is 9. The summed E-state index contributed by atoms with van der Waals surface area (Å²) in [5, 5.41) is 24.5. The van der Waals surface area contributed by atoms with Gasteiger partial charge in [-0.05, 0) is 36.9 Å². The highest BCUT2D eigenvalue weighted by Crippen LogP contribution is 2.40. The van der Waals surface area contributed by atoms with Gasteiger partial charge in [-0.15, -0.1) is 10.2 Å². The number of aromatic nitrogens is 4. The maximum absolute atomic E-state index is 13.0. The van der Waals surface area contributed by atoms with Crippen LogP contribution in [-0.2, 0) is 4.79 Å². The van der Waals surface area contributed by atoms with Gasteiger partial charge in [0.05, 0.1) is 23.7 Å². The van der Waals surface area contributed by atoms with E-state index in [1.165, 1.54) is 16.6 Å². The van der Waals surface area contributed by atoms with Crippen molar-refractivity contribution in [3.8, 4) is 11.2 Å². The maximum atomic E-state index is 13.0. The largest absolute Gasteiger partial charge is 0.369 e. The molecule has 1 saturated heterocycles. The minimum absolute atomic E-state index is 0.00142. The van der Waals surface area contributed by atoms with Gasteiger partial charge in [0.2, 0.25) is 11.0 Å². The number of amides is 1. The van der Waals surface area contributed by atoms with E-state index in [1.54, 1.807) is 13.2 Å². The van der Waals surface area contributed by atoms with E-state index in [9.17, 15) is 18.8 Å². The Hall–Kier alpha value is -2.82. The predicted molar refractivity (Wildman–Crippen MR) is 116 cm³/mol. The lowest BCUT2D eigenvalue weighted by Crippen LogP contribution is -2.53. The molecule has 0 spiro atoms. The predicted octanol–water partition coefficient (Wildman–Crippen LogP) is 2.65. The molecule has 0 radical (unpaired) electrons. The van der Waals surface area contributed by atoms with Crippen molar-refractivity contribution < 1.29 is 13.6 Å². The van der Waals surface area contributed by atoms with Crippen LogP contribution in [0.2, 0.25) is 0 Å². The van der Waals surface area contributed by atoms with Crippen LogP contribution in [0.3, 0.4) is 0 Å². The maximum Gasteiger partial charge on any atom is 0.291 e. The standard InChI is InChI=1S/C19H18F2N8OS2/c1-23-16(30)10-7-28(8-10)13-4-11(32-27-19(9-22)2-3-19)5-14-12(13)6-24-29(14)18-26-25-17(31-18)15(20)21/h4-6,10,15,27H,2-3,7-8H2,1H3,(H,23,30). The fourth-order valence-electron chi connectivity index (χ4n) is 3.52. The molecule has 166 valence electrons. The topological polar surface area (TPSA) is 112 Å². The van der Waals surface area contributed by atoms with Gasteiger partial charge >= 0.3 is 0 Å². The third kappa shape index (κ3) is 3.68. The van der Waals surface area contributed by atoms with Crippen molar-refractivity contribution in [2.24, 2.45) is 5.92 Å². The first-order valence-electron chi connectivity index (χ1n) is 9.88. The minimum atomic E-state index is -2.70. The minimum Gasteiger partial charge on any atom is -0.369 e. The van der Waals surface area contributed by atoms with E-state index in [2.05, 4.69) is 36.3 Å². The van der Waals surface area contributed by atoms with Crippen LogP contribution in [-0.4, -0.2) is 51.6 Å². The fourth-order valence-corrected chi connectivity index (χ4v) is 5.10. The number of halogens is 2. The van der Waals surface area contributed by atoms with E-state index in [-0.39, 0.29) is 22.0 Å². The lowest BCUT2D eigenvalue weighted by molar-refractivity contribution is -0.125. The molecule has 32 heavy (non-hydrogen) atoms. The molecule has 3 heterocycles. The highest BCUT2D eigenvalue weighted by Gasteiger charge is 2.43. The first-order valence-corrected chi connectivity index (χ1v) is 11.5. The molecular weight excluding hydrogens is 458 g/mol. The highest BCUT2D eigenvalue weighted by molar-refractivity contribution is 7.97. The average molecular weight is 477 g/mol. The number of fused-ring (bicyclic) bond motifs is 1. The number of alkyl halides is 2. The van der Waals surface area contributed by atoms with Gasteiger partial charge < -0.3 is 10.2 Å². The zero-order valence-corrected chi connectivity index (χ0v) is 18.5. The third-order valence-electron chi connectivity index (χ3n) is 5.61. The Bertz CT molecular complexity index is 1230. The van der Waals surface area contributed by atoms with E-state index in [4.69, 9.17) is 0 Å². The zero-order valence-electron chi connectivity index (χ0n) is 16.9. The Balaban J connectivity index is 1.51. The number of nitriles is 1. The molecule has 9 nitrogen and oxygen atoms in total. The van der Waals surface area contributed by atoms with E-state index >= 15 is 0 Å². The smallest absolute Gasteiger partial charge is 0.291 e. The van der Waals surface area contributed by atoms with Gasteiger partial charge in [-0.25, -0.2) is 18.2 Å². The summed E-state index contributed by atoms with van der Waals surface area (Å²) in [5.74, 6) is -0.0944. The van der Waals surface area contributed by atoms with E-state index in [0.717, 1.165) is 40.1 Å². The summed E-state index contributed by atoms with van der Waals surface area (Å²) >= 11 is 2.14. The Morgan fingerprint density at radius 3 is 2.78 bits per heavy atom. The number of rotatable bonds is 7. The van der Waals surface area contributed by atoms with Gasteiger partial charge in [0.15, 0.2) is 5.01 Å². The summed E-state index contributed by atoms with van der Waals surface area (Å²) in [6.45, 7) is 1.13. The summed E-state index contributed by atoms with van der Waals surface area (Å²) in [4.78, 5) is 14.9. The van der Waals surface area contributed by atoms with Crippen LogP contribution in [0, 0.1) is 17.2 Å². The molecule has 2 aromatic heterocycles. The molecule has 0 atom stereocenters. The van der Waals surface area contributed by atoms with Gasteiger partial charge in [-0.1, -0.05) is 11.3 Å². The van der Waals surface area contributed by atoms with Crippen LogP contribution >= 0.6 is 23.3 Å². The van der Waals surface area contributed by atoms with Gasteiger partial charge in [-0.3, -0.25) is 4.79 Å². The fraction of sp³-hybridized carbons (Fsp3) is 0.421. The van der Waals surface area contributed by atoms with Crippen molar-refractivity contribution in [3.05, 3.63) is 23.3 Å². The van der Waals surface area contributed by atoms with Crippen molar-refractivity contribution in [3.63, 3.8) is 0 Å². The quantitative estimate of drug-likeness (QED) is 0.501. The Kier molecular flexibility index (Phi) is 5.23. The normalized spacial score (nSPS) is 17.4. The zero-order chi connectivity index (χ0) is 22.5. The second-order valence-electron chi connectivity index (χ2n) is 7.77. The number of nitrogens with one attached hydrogen (secondary N) is 2. The number of benzene rings is 1. The molecule has 3 aromatic rings. The first-order chi connectivity index (χ1) is 15.4. The second kappa shape index (κ2) is 7.95. The van der Waals surface area contributed by atoms with Crippen LogP contribution in [0.1, 0.15) is 24.3 Å². The molecule has 2 aliphatic rings. The average Bonchev–Trinajstić information content (AvgIpc) is 3.16. The molecule has 1 aliphatic carbocycles. The van der Waals surface area contributed by atoms with E-state index < -0.39 is 12.0 Å². The number of carbonyl (C=O) groups is 1. The Morgan fingerprint density at radius 2 is 2.16 bits per heavy atom. The number of carbonyl (C=O) groups excluding carboxylic acids is 1. The second-order valence-corrected chi connectivity index (χ2v) is 9.64. The van der Waals surface area contributed by atoms with Crippen LogP contribution < -0.4 is 14.9 Å². The number of hydrogen-bond donors (Lipinski definition) is 2. The van der Waals surface area contributed by atoms with Crippen molar-refractivity contribution in [2.45, 2.75) is 29.7 Å². The summed E-state index contributed by atoms with van der Waals surface area (Å²) < 4.78 is 30.7. The van der Waals surface area contributed by atoms with Crippen LogP contribution in [0.4, 0.5) is 14.5 Å². The lowest BCUT2D eigenvalue weighted by Gasteiger charge is -2.40. The molecule has 13 heteroatoms. The van der Waals surface area contributed by atoms with Crippen LogP contribution in [0.25, 0.3) is 16.0 Å². The van der Waals surface area contributed by atoms with Crippen molar-refractivity contribution in [2.75, 3.05) is 25.0 Å². The summed E-state index contributed by atoms with van der Waals surface area (Å²) in [6.07, 6.45) is 0.563. The third-order valence-corrected chi connectivity index (χ3v) is 7.48. The SMILES string of the molecule is CNC(=O)C1CN(c2cc(SNC3(C#N)CC3)cc3c2cnn3-c2nnc(C(F)F)s2)C1.